The zero-order valence-corrected chi connectivity index (χ0v) is 15.5. The molecule has 1 fully saturated rings. The molecule has 0 aromatic heterocycles. The van der Waals surface area contributed by atoms with Crippen LogP contribution in [0.4, 0.5) is 14.9 Å². The van der Waals surface area contributed by atoms with E-state index in [2.05, 4.69) is 10.6 Å². The lowest BCUT2D eigenvalue weighted by Gasteiger charge is -2.25. The number of urea groups is 1. The van der Waals surface area contributed by atoms with Crippen molar-refractivity contribution in [2.75, 3.05) is 25.1 Å². The summed E-state index contributed by atoms with van der Waals surface area (Å²) in [4.78, 5) is 38.5. The van der Waals surface area contributed by atoms with Crippen LogP contribution in [0.1, 0.15) is 12.5 Å². The van der Waals surface area contributed by atoms with E-state index in [4.69, 9.17) is 9.47 Å². The van der Waals surface area contributed by atoms with Gasteiger partial charge in [0, 0.05) is 5.69 Å². The fraction of sp³-hybridized carbons (Fsp3) is 0.250. The molecule has 2 heterocycles. The molecule has 2 aliphatic rings. The Morgan fingerprint density at radius 3 is 2.55 bits per heavy atom. The smallest absolute Gasteiger partial charge is 0.325 e. The Labute approximate surface area is 165 Å². The molecular formula is C20H18FN3O5. The minimum Gasteiger partial charge on any atom is -0.486 e. The molecule has 150 valence electrons. The molecule has 0 spiro atoms. The number of halogens is 1. The number of fused-ring (bicyclic) bond motifs is 1. The summed E-state index contributed by atoms with van der Waals surface area (Å²) >= 11 is 0. The number of ether oxygens (including phenoxy) is 2. The maximum Gasteiger partial charge on any atom is 0.325 e. The molecular weight excluding hydrogens is 381 g/mol. The van der Waals surface area contributed by atoms with Crippen LogP contribution in [0.15, 0.2) is 42.5 Å². The molecule has 1 atom stereocenters. The van der Waals surface area contributed by atoms with Gasteiger partial charge in [-0.15, -0.1) is 0 Å². The highest BCUT2D eigenvalue weighted by atomic mass is 19.1. The molecule has 9 heteroatoms. The highest BCUT2D eigenvalue weighted by molar-refractivity contribution is 6.10. The summed E-state index contributed by atoms with van der Waals surface area (Å²) in [6.45, 7) is 1.93. The summed E-state index contributed by atoms with van der Waals surface area (Å²) in [5.74, 6) is -0.521. The second-order valence-corrected chi connectivity index (χ2v) is 6.86. The summed E-state index contributed by atoms with van der Waals surface area (Å²) in [5, 5.41) is 5.17. The predicted molar refractivity (Wildman–Crippen MR) is 100 cm³/mol. The van der Waals surface area contributed by atoms with Crippen LogP contribution in [0.3, 0.4) is 0 Å². The molecule has 2 aromatic rings. The maximum atomic E-state index is 13.0. The second kappa shape index (κ2) is 7.08. The van der Waals surface area contributed by atoms with Crippen molar-refractivity contribution in [1.29, 1.82) is 0 Å². The summed E-state index contributed by atoms with van der Waals surface area (Å²) in [6.07, 6.45) is 0. The zero-order chi connectivity index (χ0) is 20.6. The van der Waals surface area contributed by atoms with Crippen molar-refractivity contribution < 1.29 is 28.2 Å². The van der Waals surface area contributed by atoms with E-state index < -0.39 is 35.7 Å². The Kier molecular flexibility index (Phi) is 4.57. The number of nitrogens with zero attached hydrogens (tertiary/aromatic N) is 1. The van der Waals surface area contributed by atoms with E-state index in [1.165, 1.54) is 24.3 Å². The number of rotatable bonds is 4. The number of amides is 4. The van der Waals surface area contributed by atoms with Crippen LogP contribution in [0.5, 0.6) is 11.5 Å². The van der Waals surface area contributed by atoms with Crippen molar-refractivity contribution in [3.8, 4) is 11.5 Å². The van der Waals surface area contributed by atoms with E-state index in [0.29, 0.717) is 36.0 Å². The van der Waals surface area contributed by atoms with Gasteiger partial charge in [-0.05, 0) is 48.9 Å². The highest BCUT2D eigenvalue weighted by Gasteiger charge is 2.49. The monoisotopic (exact) mass is 399 g/mol. The molecule has 0 saturated carbocycles. The normalized spacial score (nSPS) is 20.4. The van der Waals surface area contributed by atoms with Gasteiger partial charge in [-0.3, -0.25) is 14.5 Å². The Hall–Kier alpha value is -3.62. The molecule has 0 radical (unpaired) electrons. The molecule has 1 unspecified atom stereocenters. The van der Waals surface area contributed by atoms with Crippen LogP contribution >= 0.6 is 0 Å². The topological polar surface area (TPSA) is 97.0 Å². The molecule has 4 rings (SSSR count). The molecule has 1 saturated heterocycles. The molecule has 0 aliphatic carbocycles. The average molecular weight is 399 g/mol. The first-order chi connectivity index (χ1) is 13.9. The van der Waals surface area contributed by atoms with Crippen molar-refractivity contribution in [3.05, 3.63) is 53.8 Å². The van der Waals surface area contributed by atoms with Crippen LogP contribution in [-0.4, -0.2) is 42.5 Å². The fourth-order valence-corrected chi connectivity index (χ4v) is 3.27. The van der Waals surface area contributed by atoms with Crippen molar-refractivity contribution in [2.45, 2.75) is 12.5 Å². The molecule has 4 amide bonds. The van der Waals surface area contributed by atoms with E-state index in [-0.39, 0.29) is 0 Å². The molecule has 2 aromatic carbocycles. The van der Waals surface area contributed by atoms with Gasteiger partial charge in [0.25, 0.3) is 5.91 Å². The third-order valence-electron chi connectivity index (χ3n) is 4.82. The fourth-order valence-electron chi connectivity index (χ4n) is 3.27. The summed E-state index contributed by atoms with van der Waals surface area (Å²) in [7, 11) is 0. The molecule has 2 aliphatic heterocycles. The first kappa shape index (κ1) is 18.7. The van der Waals surface area contributed by atoms with Crippen LogP contribution in [0.25, 0.3) is 0 Å². The lowest BCUT2D eigenvalue weighted by molar-refractivity contribution is -0.133. The third kappa shape index (κ3) is 3.46. The summed E-state index contributed by atoms with van der Waals surface area (Å²) in [5.41, 5.74) is -0.470. The van der Waals surface area contributed by atoms with Gasteiger partial charge in [-0.25, -0.2) is 9.18 Å². The number of nitrogens with one attached hydrogen (secondary N) is 2. The largest absolute Gasteiger partial charge is 0.486 e. The number of imide groups is 1. The molecule has 8 nitrogen and oxygen atoms in total. The van der Waals surface area contributed by atoms with Crippen molar-refractivity contribution in [1.82, 2.24) is 10.2 Å². The van der Waals surface area contributed by atoms with Gasteiger partial charge in [0.05, 0.1) is 0 Å². The predicted octanol–water partition coefficient (Wildman–Crippen LogP) is 2.00. The number of benzene rings is 2. The Morgan fingerprint density at radius 2 is 1.83 bits per heavy atom. The first-order valence-corrected chi connectivity index (χ1v) is 8.96. The van der Waals surface area contributed by atoms with E-state index in [1.807, 2.05) is 0 Å². The SMILES string of the molecule is CC1(c2ccc3c(c2)OCCO3)NC(=O)N(CC(=O)Nc2ccc(F)cc2)C1=O. The lowest BCUT2D eigenvalue weighted by Crippen LogP contribution is -2.42. The highest BCUT2D eigenvalue weighted by Crippen LogP contribution is 2.36. The average Bonchev–Trinajstić information content (AvgIpc) is 2.93. The molecule has 29 heavy (non-hydrogen) atoms. The van der Waals surface area contributed by atoms with Crippen molar-refractivity contribution >= 4 is 23.5 Å². The lowest BCUT2D eigenvalue weighted by atomic mass is 9.91. The van der Waals surface area contributed by atoms with Crippen LogP contribution in [0.2, 0.25) is 0 Å². The number of carbonyl (C=O) groups excluding carboxylic acids is 3. The maximum absolute atomic E-state index is 13.0. The standard InChI is InChI=1S/C20H18FN3O5/c1-20(12-2-7-15-16(10-12)29-9-8-28-15)18(26)24(19(27)23-20)11-17(25)22-14-5-3-13(21)4-6-14/h2-7,10H,8-9,11H2,1H3,(H,22,25)(H,23,27). The first-order valence-electron chi connectivity index (χ1n) is 8.96. The van der Waals surface area contributed by atoms with E-state index >= 15 is 0 Å². The van der Waals surface area contributed by atoms with Gasteiger partial charge < -0.3 is 20.1 Å². The van der Waals surface area contributed by atoms with Crippen LogP contribution in [0, 0.1) is 5.82 Å². The van der Waals surface area contributed by atoms with Gasteiger partial charge in [-0.1, -0.05) is 6.07 Å². The number of carbonyl (C=O) groups is 3. The van der Waals surface area contributed by atoms with Crippen LogP contribution < -0.4 is 20.1 Å². The Morgan fingerprint density at radius 1 is 1.14 bits per heavy atom. The minimum atomic E-state index is -1.34. The third-order valence-corrected chi connectivity index (χ3v) is 4.82. The summed E-state index contributed by atoms with van der Waals surface area (Å²) in [6, 6.07) is 9.49. The number of hydrogen-bond acceptors (Lipinski definition) is 5. The van der Waals surface area contributed by atoms with Gasteiger partial charge in [0.1, 0.15) is 31.1 Å². The minimum absolute atomic E-state index is 0.359. The number of anilines is 1. The molecule has 0 bridgehead atoms. The zero-order valence-electron chi connectivity index (χ0n) is 15.5. The Balaban J connectivity index is 1.50. The quantitative estimate of drug-likeness (QED) is 0.767. The van der Waals surface area contributed by atoms with Crippen molar-refractivity contribution in [2.24, 2.45) is 0 Å². The van der Waals surface area contributed by atoms with Gasteiger partial charge in [-0.2, -0.15) is 0 Å². The van der Waals surface area contributed by atoms with E-state index in [0.717, 1.165) is 4.90 Å². The Bertz CT molecular complexity index is 994. The van der Waals surface area contributed by atoms with Crippen molar-refractivity contribution in [3.63, 3.8) is 0 Å². The number of hydrogen-bond donors (Lipinski definition) is 2. The van der Waals surface area contributed by atoms with Gasteiger partial charge in [0.2, 0.25) is 5.91 Å². The second-order valence-electron chi connectivity index (χ2n) is 6.86. The molecule has 2 N–H and O–H groups in total. The van der Waals surface area contributed by atoms with Crippen LogP contribution in [-0.2, 0) is 15.1 Å². The van der Waals surface area contributed by atoms with Gasteiger partial charge >= 0.3 is 6.03 Å². The summed E-state index contributed by atoms with van der Waals surface area (Å²) < 4.78 is 24.0. The van der Waals surface area contributed by atoms with E-state index in [9.17, 15) is 18.8 Å². The van der Waals surface area contributed by atoms with Gasteiger partial charge in [0.15, 0.2) is 11.5 Å². The van der Waals surface area contributed by atoms with E-state index in [1.54, 1.807) is 25.1 Å².